The number of nitrogens with one attached hydrogen (secondary N) is 2. The molecule has 0 saturated heterocycles. The van der Waals surface area contributed by atoms with Crippen molar-refractivity contribution < 1.29 is 28.6 Å². The van der Waals surface area contributed by atoms with Gasteiger partial charge in [-0.05, 0) is 51.0 Å². The van der Waals surface area contributed by atoms with E-state index in [4.69, 9.17) is 14.2 Å². The van der Waals surface area contributed by atoms with Crippen LogP contribution in [0.4, 0.5) is 10.5 Å². The zero-order valence-electron chi connectivity index (χ0n) is 19.7. The molecule has 9 nitrogen and oxygen atoms in total. The van der Waals surface area contributed by atoms with E-state index in [0.29, 0.717) is 23.6 Å². The van der Waals surface area contributed by atoms with Crippen molar-refractivity contribution in [1.29, 1.82) is 0 Å². The Balaban J connectivity index is 1.45. The van der Waals surface area contributed by atoms with Gasteiger partial charge in [0.25, 0.3) is 0 Å². The van der Waals surface area contributed by atoms with E-state index in [9.17, 15) is 14.4 Å². The Bertz CT molecular complexity index is 1110. The van der Waals surface area contributed by atoms with E-state index in [0.717, 1.165) is 11.1 Å². The van der Waals surface area contributed by atoms with Crippen LogP contribution in [0.25, 0.3) is 0 Å². The molecule has 0 bridgehead atoms. The van der Waals surface area contributed by atoms with Crippen molar-refractivity contribution in [3.63, 3.8) is 0 Å². The maximum atomic E-state index is 13.2. The van der Waals surface area contributed by atoms with Crippen LogP contribution in [0.15, 0.2) is 42.5 Å². The zero-order chi connectivity index (χ0) is 24.5. The fourth-order valence-electron chi connectivity index (χ4n) is 3.87. The van der Waals surface area contributed by atoms with Crippen molar-refractivity contribution >= 4 is 23.6 Å². The predicted molar refractivity (Wildman–Crippen MR) is 125 cm³/mol. The van der Waals surface area contributed by atoms with Crippen LogP contribution in [0.3, 0.4) is 0 Å². The molecule has 180 valence electrons. The summed E-state index contributed by atoms with van der Waals surface area (Å²) in [4.78, 5) is 40.3. The summed E-state index contributed by atoms with van der Waals surface area (Å²) in [5, 5.41) is 5.51. The predicted octanol–water partition coefficient (Wildman–Crippen LogP) is 3.22. The number of amides is 3. The molecule has 2 N–H and O–H groups in total. The summed E-state index contributed by atoms with van der Waals surface area (Å²) in [7, 11) is 0. The fraction of sp³-hybridized carbons (Fsp3) is 0.400. The molecule has 2 heterocycles. The van der Waals surface area contributed by atoms with Crippen LogP contribution in [0.1, 0.15) is 38.8 Å². The lowest BCUT2D eigenvalue weighted by Crippen LogP contribution is -2.56. The molecule has 3 amide bonds. The molecule has 0 spiro atoms. The molecule has 9 heteroatoms. The van der Waals surface area contributed by atoms with Crippen LogP contribution in [-0.4, -0.2) is 47.3 Å². The van der Waals surface area contributed by atoms with E-state index in [1.54, 1.807) is 45.9 Å². The van der Waals surface area contributed by atoms with E-state index < -0.39 is 35.6 Å². The first-order valence-electron chi connectivity index (χ1n) is 11.2. The van der Waals surface area contributed by atoms with Crippen molar-refractivity contribution in [1.82, 2.24) is 10.2 Å². The highest BCUT2D eigenvalue weighted by Gasteiger charge is 2.37. The Hall–Kier alpha value is -3.75. The molecule has 0 fully saturated rings. The topological polar surface area (TPSA) is 106 Å². The Labute approximate surface area is 198 Å². The Morgan fingerprint density at radius 2 is 1.76 bits per heavy atom. The van der Waals surface area contributed by atoms with Gasteiger partial charge in [-0.25, -0.2) is 4.79 Å². The van der Waals surface area contributed by atoms with Crippen LogP contribution >= 0.6 is 0 Å². The summed E-state index contributed by atoms with van der Waals surface area (Å²) >= 11 is 0. The second-order valence-electron chi connectivity index (χ2n) is 9.38. The summed E-state index contributed by atoms with van der Waals surface area (Å²) in [6, 6.07) is 11.1. The molecule has 0 radical (unpaired) electrons. The maximum absolute atomic E-state index is 13.2. The molecule has 2 atom stereocenters. The molecule has 34 heavy (non-hydrogen) atoms. The molecule has 0 aliphatic carbocycles. The summed E-state index contributed by atoms with van der Waals surface area (Å²) in [6.07, 6.45) is -0.239. The van der Waals surface area contributed by atoms with Crippen LogP contribution in [-0.2, 0) is 27.3 Å². The highest BCUT2D eigenvalue weighted by molar-refractivity contribution is 5.98. The maximum Gasteiger partial charge on any atom is 0.411 e. The lowest BCUT2D eigenvalue weighted by Gasteiger charge is -2.37. The summed E-state index contributed by atoms with van der Waals surface area (Å²) < 4.78 is 16.2. The minimum Gasteiger partial charge on any atom is -0.454 e. The quantitative estimate of drug-likeness (QED) is 0.715. The van der Waals surface area contributed by atoms with Gasteiger partial charge in [0.1, 0.15) is 17.7 Å². The van der Waals surface area contributed by atoms with Gasteiger partial charge in [-0.3, -0.25) is 14.5 Å². The molecule has 0 unspecified atom stereocenters. The van der Waals surface area contributed by atoms with E-state index >= 15 is 0 Å². The lowest BCUT2D eigenvalue weighted by atomic mass is 9.93. The smallest absolute Gasteiger partial charge is 0.411 e. The minimum absolute atomic E-state index is 0.137. The Morgan fingerprint density at radius 1 is 1.06 bits per heavy atom. The molecule has 0 saturated carbocycles. The number of anilines is 1. The van der Waals surface area contributed by atoms with Crippen LogP contribution in [0.2, 0.25) is 0 Å². The van der Waals surface area contributed by atoms with Crippen molar-refractivity contribution in [2.24, 2.45) is 0 Å². The molecule has 4 rings (SSSR count). The number of hydrogen-bond donors (Lipinski definition) is 2. The Morgan fingerprint density at radius 3 is 2.50 bits per heavy atom. The lowest BCUT2D eigenvalue weighted by molar-refractivity contribution is -0.130. The highest BCUT2D eigenvalue weighted by atomic mass is 16.7. The standard InChI is InChI=1S/C25H29N3O6/c1-15(22(29)27-18-9-10-20-21(12-18)33-14-32-20)26-23(30)19-11-16-7-5-6-8-17(16)13-28(19)24(31)34-25(2,3)4/h5-10,12,15,19H,11,13-14H2,1-4H3,(H,26,30)(H,27,29)/t15-,19+/m1/s1. The van der Waals surface area contributed by atoms with Crippen molar-refractivity contribution in [2.45, 2.75) is 58.3 Å². The van der Waals surface area contributed by atoms with Crippen LogP contribution in [0.5, 0.6) is 11.5 Å². The number of rotatable bonds is 4. The molecular weight excluding hydrogens is 438 g/mol. The van der Waals surface area contributed by atoms with Crippen molar-refractivity contribution in [3.05, 3.63) is 53.6 Å². The first-order chi connectivity index (χ1) is 16.1. The molecule has 2 aliphatic rings. The van der Waals surface area contributed by atoms with Crippen LogP contribution in [0, 0.1) is 0 Å². The van der Waals surface area contributed by atoms with Gasteiger partial charge in [0.2, 0.25) is 18.6 Å². The summed E-state index contributed by atoms with van der Waals surface area (Å²) in [5.41, 5.74) is 1.77. The number of carbonyl (C=O) groups excluding carboxylic acids is 3. The van der Waals surface area contributed by atoms with E-state index in [1.807, 2.05) is 24.3 Å². The van der Waals surface area contributed by atoms with E-state index in [1.165, 1.54) is 4.90 Å². The second kappa shape index (κ2) is 9.24. The molecule has 0 aromatic heterocycles. The third-order valence-corrected chi connectivity index (χ3v) is 5.57. The number of carbonyl (C=O) groups is 3. The number of ether oxygens (including phenoxy) is 3. The summed E-state index contributed by atoms with van der Waals surface area (Å²) in [5.74, 6) is 0.337. The van der Waals surface area contributed by atoms with Gasteiger partial charge < -0.3 is 24.8 Å². The molecule has 2 aliphatic heterocycles. The minimum atomic E-state index is -0.837. The third-order valence-electron chi connectivity index (χ3n) is 5.57. The summed E-state index contributed by atoms with van der Waals surface area (Å²) in [6.45, 7) is 7.31. The van der Waals surface area contributed by atoms with E-state index in [2.05, 4.69) is 10.6 Å². The van der Waals surface area contributed by atoms with Gasteiger partial charge in [0.15, 0.2) is 11.5 Å². The van der Waals surface area contributed by atoms with Gasteiger partial charge in [-0.15, -0.1) is 0 Å². The van der Waals surface area contributed by atoms with Crippen LogP contribution < -0.4 is 20.1 Å². The number of benzene rings is 2. The van der Waals surface area contributed by atoms with Gasteiger partial charge in [0.05, 0.1) is 6.54 Å². The third kappa shape index (κ3) is 5.24. The number of fused-ring (bicyclic) bond motifs is 2. The van der Waals surface area contributed by atoms with Gasteiger partial charge in [0, 0.05) is 18.2 Å². The molecule has 2 aromatic rings. The van der Waals surface area contributed by atoms with Gasteiger partial charge in [-0.1, -0.05) is 24.3 Å². The average molecular weight is 468 g/mol. The highest BCUT2D eigenvalue weighted by Crippen LogP contribution is 2.34. The number of nitrogens with zero attached hydrogens (tertiary/aromatic N) is 1. The Kier molecular flexibility index (Phi) is 6.37. The van der Waals surface area contributed by atoms with E-state index in [-0.39, 0.29) is 13.3 Å². The molecular formula is C25H29N3O6. The average Bonchev–Trinajstić information content (AvgIpc) is 3.24. The van der Waals surface area contributed by atoms with Gasteiger partial charge >= 0.3 is 6.09 Å². The normalized spacial score (nSPS) is 17.4. The monoisotopic (exact) mass is 467 g/mol. The first-order valence-corrected chi connectivity index (χ1v) is 11.2. The van der Waals surface area contributed by atoms with Gasteiger partial charge in [-0.2, -0.15) is 0 Å². The molecule has 2 aromatic carbocycles. The van der Waals surface area contributed by atoms with Crippen molar-refractivity contribution in [3.8, 4) is 11.5 Å². The van der Waals surface area contributed by atoms with Crippen molar-refractivity contribution in [2.75, 3.05) is 12.1 Å². The largest absolute Gasteiger partial charge is 0.454 e. The SMILES string of the molecule is C[C@@H](NC(=O)[C@@H]1Cc2ccccc2CN1C(=O)OC(C)(C)C)C(=O)Nc1ccc2c(c1)OCO2. The zero-order valence-corrected chi connectivity index (χ0v) is 19.7. The number of hydrogen-bond acceptors (Lipinski definition) is 6. The first kappa shape index (κ1) is 23.4. The second-order valence-corrected chi connectivity index (χ2v) is 9.38. The fourth-order valence-corrected chi connectivity index (χ4v) is 3.87.